The van der Waals surface area contributed by atoms with E-state index in [2.05, 4.69) is 47.7 Å². The van der Waals surface area contributed by atoms with Crippen LogP contribution in [0.3, 0.4) is 0 Å². The molecule has 0 aromatic carbocycles. The fourth-order valence-electron chi connectivity index (χ4n) is 2.53. The first-order valence-corrected chi connectivity index (χ1v) is 7.11. The smallest absolute Gasteiger partial charge is 0.128 e. The van der Waals surface area contributed by atoms with Crippen LogP contribution < -0.4 is 4.90 Å². The molecule has 1 aliphatic heterocycles. The summed E-state index contributed by atoms with van der Waals surface area (Å²) in [4.78, 5) is 9.44. The average Bonchev–Trinajstić information content (AvgIpc) is 2.38. The Morgan fingerprint density at radius 3 is 2.56 bits per heavy atom. The lowest BCUT2D eigenvalue weighted by molar-refractivity contribution is 0.270. The molecule has 1 aromatic rings. The normalized spacial score (nSPS) is 17.4. The van der Waals surface area contributed by atoms with Crippen LogP contribution in [-0.4, -0.2) is 42.6 Å². The Bertz CT molecular complexity index is 368. The van der Waals surface area contributed by atoms with Crippen molar-refractivity contribution in [1.29, 1.82) is 0 Å². The van der Waals surface area contributed by atoms with E-state index < -0.39 is 0 Å². The third-order valence-corrected chi connectivity index (χ3v) is 3.60. The van der Waals surface area contributed by atoms with E-state index in [1.165, 1.54) is 5.56 Å². The van der Waals surface area contributed by atoms with Crippen molar-refractivity contribution >= 4 is 5.82 Å². The number of anilines is 1. The fraction of sp³-hybridized carbons (Fsp3) is 0.667. The molecule has 1 aliphatic rings. The third kappa shape index (κ3) is 3.45. The molecule has 1 aromatic heterocycles. The van der Waals surface area contributed by atoms with Crippen LogP contribution in [0.2, 0.25) is 0 Å². The Kier molecular flexibility index (Phi) is 4.59. The highest BCUT2D eigenvalue weighted by molar-refractivity contribution is 5.41. The molecular weight excluding hydrogens is 222 g/mol. The molecule has 3 nitrogen and oxygen atoms in total. The van der Waals surface area contributed by atoms with E-state index in [1.54, 1.807) is 0 Å². The Morgan fingerprint density at radius 2 is 1.94 bits per heavy atom. The predicted molar refractivity (Wildman–Crippen MR) is 77.1 cm³/mol. The van der Waals surface area contributed by atoms with Gasteiger partial charge in [-0.25, -0.2) is 4.98 Å². The van der Waals surface area contributed by atoms with Crippen LogP contribution in [0.25, 0.3) is 0 Å². The molecule has 100 valence electrons. The molecule has 2 rings (SSSR count). The molecule has 1 saturated heterocycles. The van der Waals surface area contributed by atoms with Crippen LogP contribution in [0, 0.1) is 5.92 Å². The van der Waals surface area contributed by atoms with Gasteiger partial charge in [0.25, 0.3) is 0 Å². The molecule has 3 heteroatoms. The minimum atomic E-state index is 0.706. The van der Waals surface area contributed by atoms with Crippen molar-refractivity contribution in [1.82, 2.24) is 9.88 Å². The number of hydrogen-bond acceptors (Lipinski definition) is 3. The minimum Gasteiger partial charge on any atom is -0.354 e. The summed E-state index contributed by atoms with van der Waals surface area (Å²) in [6, 6.07) is 4.41. The lowest BCUT2D eigenvalue weighted by Gasteiger charge is -2.34. The number of pyridine rings is 1. The van der Waals surface area contributed by atoms with Crippen molar-refractivity contribution in [3.8, 4) is 0 Å². The van der Waals surface area contributed by atoms with Crippen molar-refractivity contribution in [2.45, 2.75) is 27.2 Å². The maximum atomic E-state index is 4.53. The first-order valence-electron chi connectivity index (χ1n) is 7.11. The number of piperazine rings is 1. The number of likely N-dealkylation sites (N-methyl/N-ethyl adjacent to an activating group) is 1. The predicted octanol–water partition coefficient (Wildman–Crippen LogP) is 2.42. The van der Waals surface area contributed by atoms with Gasteiger partial charge in [-0.05, 0) is 36.6 Å². The third-order valence-electron chi connectivity index (χ3n) is 3.60. The quantitative estimate of drug-likeness (QED) is 0.814. The fourth-order valence-corrected chi connectivity index (χ4v) is 2.53. The van der Waals surface area contributed by atoms with Gasteiger partial charge in [0.05, 0.1) is 0 Å². The van der Waals surface area contributed by atoms with Gasteiger partial charge in [0.15, 0.2) is 0 Å². The maximum absolute atomic E-state index is 4.53. The lowest BCUT2D eigenvalue weighted by atomic mass is 10.0. The SMILES string of the molecule is CCN1CCN(c2cc(CC(C)C)ccn2)CC1. The highest BCUT2D eigenvalue weighted by atomic mass is 15.3. The number of aromatic nitrogens is 1. The van der Waals surface area contributed by atoms with Crippen LogP contribution in [-0.2, 0) is 6.42 Å². The topological polar surface area (TPSA) is 19.4 Å². The Hall–Kier alpha value is -1.09. The number of nitrogens with zero attached hydrogens (tertiary/aromatic N) is 3. The van der Waals surface area contributed by atoms with Gasteiger partial charge < -0.3 is 9.80 Å². The molecule has 0 bridgehead atoms. The van der Waals surface area contributed by atoms with Gasteiger partial charge in [0, 0.05) is 32.4 Å². The standard InChI is InChI=1S/C15H25N3/c1-4-17-7-9-18(10-8-17)15-12-14(5-6-16-15)11-13(2)3/h5-6,12-13H,4,7-11H2,1-3H3. The van der Waals surface area contributed by atoms with Gasteiger partial charge in [-0.15, -0.1) is 0 Å². The first-order chi connectivity index (χ1) is 8.69. The number of hydrogen-bond donors (Lipinski definition) is 0. The molecule has 18 heavy (non-hydrogen) atoms. The molecule has 0 radical (unpaired) electrons. The molecular formula is C15H25N3. The summed E-state index contributed by atoms with van der Waals surface area (Å²) in [7, 11) is 0. The van der Waals surface area contributed by atoms with Crippen LogP contribution in [0.1, 0.15) is 26.3 Å². The van der Waals surface area contributed by atoms with Gasteiger partial charge in [0.1, 0.15) is 5.82 Å². The van der Waals surface area contributed by atoms with E-state index in [1.807, 2.05) is 6.20 Å². The molecule has 0 atom stereocenters. The lowest BCUT2D eigenvalue weighted by Crippen LogP contribution is -2.46. The molecule has 0 N–H and O–H groups in total. The van der Waals surface area contributed by atoms with Crippen molar-refractivity contribution in [2.75, 3.05) is 37.6 Å². The maximum Gasteiger partial charge on any atom is 0.128 e. The minimum absolute atomic E-state index is 0.706. The van der Waals surface area contributed by atoms with E-state index in [0.717, 1.165) is 45.0 Å². The summed E-state index contributed by atoms with van der Waals surface area (Å²) in [6.45, 7) is 12.4. The van der Waals surface area contributed by atoms with Gasteiger partial charge in [-0.2, -0.15) is 0 Å². The van der Waals surface area contributed by atoms with Crippen molar-refractivity contribution in [3.63, 3.8) is 0 Å². The molecule has 0 spiro atoms. The van der Waals surface area contributed by atoms with Crippen LogP contribution in [0.15, 0.2) is 18.3 Å². The molecule has 2 heterocycles. The van der Waals surface area contributed by atoms with Crippen molar-refractivity contribution in [2.24, 2.45) is 5.92 Å². The molecule has 0 saturated carbocycles. The van der Waals surface area contributed by atoms with E-state index in [9.17, 15) is 0 Å². The zero-order valence-electron chi connectivity index (χ0n) is 11.9. The Morgan fingerprint density at radius 1 is 1.22 bits per heavy atom. The Balaban J connectivity index is 2.00. The average molecular weight is 247 g/mol. The van der Waals surface area contributed by atoms with Gasteiger partial charge in [-0.1, -0.05) is 20.8 Å². The van der Waals surface area contributed by atoms with E-state index in [-0.39, 0.29) is 0 Å². The van der Waals surface area contributed by atoms with Crippen LogP contribution >= 0.6 is 0 Å². The van der Waals surface area contributed by atoms with Crippen molar-refractivity contribution in [3.05, 3.63) is 23.9 Å². The largest absolute Gasteiger partial charge is 0.354 e. The second-order valence-electron chi connectivity index (χ2n) is 5.54. The summed E-state index contributed by atoms with van der Waals surface area (Å²) in [5, 5.41) is 0. The molecule has 0 amide bonds. The zero-order valence-corrected chi connectivity index (χ0v) is 11.9. The van der Waals surface area contributed by atoms with Crippen molar-refractivity contribution < 1.29 is 0 Å². The van der Waals surface area contributed by atoms with E-state index in [0.29, 0.717) is 5.92 Å². The van der Waals surface area contributed by atoms with Crippen LogP contribution in [0.4, 0.5) is 5.82 Å². The second kappa shape index (κ2) is 6.19. The molecule has 0 aliphatic carbocycles. The monoisotopic (exact) mass is 247 g/mol. The highest BCUT2D eigenvalue weighted by Gasteiger charge is 2.16. The second-order valence-corrected chi connectivity index (χ2v) is 5.54. The Labute approximate surface area is 111 Å². The van der Waals surface area contributed by atoms with E-state index in [4.69, 9.17) is 0 Å². The first kappa shape index (κ1) is 13.3. The highest BCUT2D eigenvalue weighted by Crippen LogP contribution is 2.17. The molecule has 1 fully saturated rings. The molecule has 0 unspecified atom stereocenters. The summed E-state index contributed by atoms with van der Waals surface area (Å²) in [5.74, 6) is 1.86. The summed E-state index contributed by atoms with van der Waals surface area (Å²) in [6.07, 6.45) is 3.10. The summed E-state index contributed by atoms with van der Waals surface area (Å²) in [5.41, 5.74) is 1.41. The van der Waals surface area contributed by atoms with E-state index >= 15 is 0 Å². The summed E-state index contributed by atoms with van der Waals surface area (Å²) < 4.78 is 0. The zero-order chi connectivity index (χ0) is 13.0. The van der Waals surface area contributed by atoms with Crippen LogP contribution in [0.5, 0.6) is 0 Å². The number of rotatable bonds is 4. The van der Waals surface area contributed by atoms with Gasteiger partial charge in [-0.3, -0.25) is 0 Å². The van der Waals surface area contributed by atoms with Gasteiger partial charge >= 0.3 is 0 Å². The summed E-state index contributed by atoms with van der Waals surface area (Å²) >= 11 is 0. The van der Waals surface area contributed by atoms with Gasteiger partial charge in [0.2, 0.25) is 0 Å².